The normalized spacial score (nSPS) is 28.4. The van der Waals surface area contributed by atoms with Crippen molar-refractivity contribution in [3.63, 3.8) is 0 Å². The van der Waals surface area contributed by atoms with Crippen LogP contribution in [-0.2, 0) is 14.4 Å². The molecule has 1 saturated heterocycles. The number of carbonyl (C=O) groups excluding carboxylic acids is 3. The summed E-state index contributed by atoms with van der Waals surface area (Å²) in [5.41, 5.74) is -2.04. The van der Waals surface area contributed by atoms with Crippen LogP contribution in [0.4, 0.5) is 0 Å². The SMILES string of the molecule is CCC(C)(NBC(=O)C(C)(CC)N1CC(C)CC(C)(C)CC(C(C)=O)C(C)(C)C1(C)C)C(C)=O. The van der Waals surface area contributed by atoms with E-state index in [1.54, 1.807) is 13.8 Å². The van der Waals surface area contributed by atoms with Crippen LogP contribution in [0.3, 0.4) is 0 Å². The lowest BCUT2D eigenvalue weighted by Crippen LogP contribution is -2.69. The second-order valence-electron chi connectivity index (χ2n) is 13.4. The maximum atomic E-state index is 13.9. The summed E-state index contributed by atoms with van der Waals surface area (Å²) in [4.78, 5) is 41.6. The number of hydrogen-bond acceptors (Lipinski definition) is 5. The lowest BCUT2D eigenvalue weighted by atomic mass is 9.59. The molecule has 1 aliphatic rings. The molecule has 1 aliphatic heterocycles. The quantitative estimate of drug-likeness (QED) is 0.467. The molecule has 1 fully saturated rings. The van der Waals surface area contributed by atoms with E-state index in [0.29, 0.717) is 18.8 Å². The van der Waals surface area contributed by atoms with Crippen LogP contribution in [-0.4, -0.2) is 52.7 Å². The van der Waals surface area contributed by atoms with Gasteiger partial charge in [0.1, 0.15) is 17.2 Å². The van der Waals surface area contributed by atoms with Crippen molar-refractivity contribution in [2.24, 2.45) is 22.7 Å². The van der Waals surface area contributed by atoms with E-state index in [1.807, 2.05) is 13.8 Å². The first kappa shape index (κ1) is 31.0. The largest absolute Gasteiger partial charge is 0.341 e. The van der Waals surface area contributed by atoms with Gasteiger partial charge in [-0.1, -0.05) is 48.5 Å². The van der Waals surface area contributed by atoms with Gasteiger partial charge in [0.25, 0.3) is 7.41 Å². The predicted octanol–water partition coefficient (Wildman–Crippen LogP) is 5.15. The maximum absolute atomic E-state index is 13.9. The number of hydrogen-bond donors (Lipinski definition) is 1. The summed E-state index contributed by atoms with van der Waals surface area (Å²) in [6.45, 7) is 27.8. The Labute approximate surface area is 210 Å². The second-order valence-corrected chi connectivity index (χ2v) is 13.4. The number of nitrogens with one attached hydrogen (secondary N) is 1. The highest BCUT2D eigenvalue weighted by Crippen LogP contribution is 2.51. The molecule has 0 aromatic carbocycles. The maximum Gasteiger partial charge on any atom is 0.286 e. The van der Waals surface area contributed by atoms with E-state index in [-0.39, 0.29) is 41.4 Å². The van der Waals surface area contributed by atoms with Crippen molar-refractivity contribution in [3.8, 4) is 0 Å². The third-order valence-corrected chi connectivity index (χ3v) is 9.77. The number of nitrogens with zero attached hydrogens (tertiary/aromatic N) is 1. The average Bonchev–Trinajstić information content (AvgIpc) is 2.73. The van der Waals surface area contributed by atoms with Gasteiger partial charge in [0, 0.05) is 18.0 Å². The number of carbonyl (C=O) groups is 3. The Kier molecular flexibility index (Phi) is 9.62. The van der Waals surface area contributed by atoms with Gasteiger partial charge in [-0.25, -0.2) is 0 Å². The van der Waals surface area contributed by atoms with Gasteiger partial charge < -0.3 is 10.0 Å². The number of rotatable bonds is 9. The summed E-state index contributed by atoms with van der Waals surface area (Å²) in [5, 5.41) is 3.28. The molecule has 6 heteroatoms. The molecule has 0 saturated carbocycles. The molecule has 0 radical (unpaired) electrons. The molecule has 1 N–H and O–H groups in total. The van der Waals surface area contributed by atoms with Crippen molar-refractivity contribution in [1.29, 1.82) is 0 Å². The van der Waals surface area contributed by atoms with Gasteiger partial charge >= 0.3 is 0 Å². The lowest BCUT2D eigenvalue weighted by Gasteiger charge is -2.58. The predicted molar refractivity (Wildman–Crippen MR) is 144 cm³/mol. The first-order valence-electron chi connectivity index (χ1n) is 13.3. The van der Waals surface area contributed by atoms with Crippen molar-refractivity contribution in [1.82, 2.24) is 10.1 Å². The van der Waals surface area contributed by atoms with Crippen molar-refractivity contribution >= 4 is 24.7 Å². The summed E-state index contributed by atoms with van der Waals surface area (Å²) in [6, 6.07) is 0. The molecule has 0 spiro atoms. The van der Waals surface area contributed by atoms with Gasteiger partial charge in [0.2, 0.25) is 0 Å². The first-order chi connectivity index (χ1) is 15.2. The van der Waals surface area contributed by atoms with Gasteiger partial charge in [-0.3, -0.25) is 14.5 Å². The summed E-state index contributed by atoms with van der Waals surface area (Å²) in [6.07, 6.45) is 3.15. The van der Waals surface area contributed by atoms with Crippen LogP contribution in [0.1, 0.15) is 116 Å². The standard InChI is InChI=1S/C28H53BN2O3/c1-14-27(12,21(5)33)30-29-23(34)28(13,15-2)31-18-19(3)16-24(6,7)17-22(20(4)32)25(8,9)26(31,10)11/h19,22,29-30H,14-18H2,1-13H3. The Balaban J connectivity index is 3.57. The third kappa shape index (κ3) is 6.03. The summed E-state index contributed by atoms with van der Waals surface area (Å²) >= 11 is 0. The highest BCUT2D eigenvalue weighted by atomic mass is 16.1. The topological polar surface area (TPSA) is 66.5 Å². The lowest BCUT2D eigenvalue weighted by molar-refractivity contribution is -0.143. The Hall–Kier alpha value is -1.01. The smallest absolute Gasteiger partial charge is 0.286 e. The van der Waals surface area contributed by atoms with E-state index in [1.165, 1.54) is 0 Å². The fourth-order valence-electron chi connectivity index (χ4n) is 6.19. The van der Waals surface area contributed by atoms with Crippen LogP contribution in [0, 0.1) is 22.7 Å². The number of ketones is 2. The molecule has 34 heavy (non-hydrogen) atoms. The Morgan fingerprint density at radius 2 is 1.50 bits per heavy atom. The molecule has 0 aliphatic carbocycles. The van der Waals surface area contributed by atoms with Gasteiger partial charge in [0.15, 0.2) is 0 Å². The minimum absolute atomic E-state index is 0.0394. The number of Topliss-reactive ketones (excluding diaryl/α,β-unsaturated/α-hetero) is 2. The molecular formula is C28H53BN2O3. The zero-order valence-electron chi connectivity index (χ0n) is 24.6. The van der Waals surface area contributed by atoms with Gasteiger partial charge in [0.05, 0.1) is 11.1 Å². The van der Waals surface area contributed by atoms with E-state index in [9.17, 15) is 14.4 Å². The highest BCUT2D eigenvalue weighted by molar-refractivity contribution is 6.74. The molecule has 0 amide bonds. The zero-order valence-corrected chi connectivity index (χ0v) is 24.6. The summed E-state index contributed by atoms with van der Waals surface area (Å²) < 4.78 is 0. The van der Waals surface area contributed by atoms with Crippen LogP contribution in [0.2, 0.25) is 0 Å². The van der Waals surface area contributed by atoms with Gasteiger partial charge in [-0.2, -0.15) is 0 Å². The van der Waals surface area contributed by atoms with E-state index < -0.39 is 16.6 Å². The van der Waals surface area contributed by atoms with E-state index >= 15 is 0 Å². The Morgan fingerprint density at radius 3 is 1.91 bits per heavy atom. The molecule has 0 bridgehead atoms. The molecule has 4 atom stereocenters. The minimum Gasteiger partial charge on any atom is -0.341 e. The van der Waals surface area contributed by atoms with Crippen LogP contribution >= 0.6 is 0 Å². The van der Waals surface area contributed by atoms with Crippen LogP contribution < -0.4 is 5.23 Å². The van der Waals surface area contributed by atoms with E-state index in [2.05, 4.69) is 72.4 Å². The molecule has 0 aromatic heterocycles. The Bertz CT molecular complexity index is 776. The van der Waals surface area contributed by atoms with E-state index in [4.69, 9.17) is 0 Å². The van der Waals surface area contributed by atoms with Crippen LogP contribution in [0.15, 0.2) is 0 Å². The van der Waals surface area contributed by atoms with Gasteiger partial charge in [-0.15, -0.1) is 0 Å². The molecule has 1 heterocycles. The monoisotopic (exact) mass is 476 g/mol. The van der Waals surface area contributed by atoms with Crippen molar-refractivity contribution < 1.29 is 14.4 Å². The average molecular weight is 477 g/mol. The third-order valence-electron chi connectivity index (χ3n) is 9.77. The molecule has 1 rings (SSSR count). The van der Waals surface area contributed by atoms with Crippen molar-refractivity contribution in [2.45, 2.75) is 132 Å². The Morgan fingerprint density at radius 1 is 0.971 bits per heavy atom. The van der Waals surface area contributed by atoms with E-state index in [0.717, 1.165) is 19.4 Å². The van der Waals surface area contributed by atoms with Crippen molar-refractivity contribution in [3.05, 3.63) is 0 Å². The fraction of sp³-hybridized carbons (Fsp3) is 0.893. The molecular weight excluding hydrogens is 423 g/mol. The second kappa shape index (κ2) is 10.5. The fourth-order valence-corrected chi connectivity index (χ4v) is 6.19. The van der Waals surface area contributed by atoms with Crippen molar-refractivity contribution in [2.75, 3.05) is 6.54 Å². The highest BCUT2D eigenvalue weighted by Gasteiger charge is 2.55. The minimum atomic E-state index is -0.719. The molecule has 0 aromatic rings. The van der Waals surface area contributed by atoms with Crippen LogP contribution in [0.5, 0.6) is 0 Å². The van der Waals surface area contributed by atoms with Gasteiger partial charge in [-0.05, 0) is 84.0 Å². The first-order valence-corrected chi connectivity index (χ1v) is 13.3. The zero-order chi connectivity index (χ0) is 26.9. The summed E-state index contributed by atoms with van der Waals surface area (Å²) in [5.74, 6) is 0.554. The summed E-state index contributed by atoms with van der Waals surface area (Å²) in [7, 11) is 0.150. The molecule has 196 valence electrons. The van der Waals surface area contributed by atoms with Crippen LogP contribution in [0.25, 0.3) is 0 Å². The molecule has 4 unspecified atom stereocenters. The molecule has 5 nitrogen and oxygen atoms in total.